The summed E-state index contributed by atoms with van der Waals surface area (Å²) in [6.45, 7) is 4.03. The summed E-state index contributed by atoms with van der Waals surface area (Å²) in [5.41, 5.74) is 6.37. The zero-order valence-corrected chi connectivity index (χ0v) is 16.0. The molecule has 4 rings (SSSR count). The first kappa shape index (κ1) is 17.6. The molecule has 6 nitrogen and oxygen atoms in total. The summed E-state index contributed by atoms with van der Waals surface area (Å²) >= 11 is 1.44. The maximum absolute atomic E-state index is 13.2. The van der Waals surface area contributed by atoms with Crippen LogP contribution in [0, 0.1) is 6.92 Å². The molecule has 2 aromatic carbocycles. The first-order valence-corrected chi connectivity index (χ1v) is 9.84. The lowest BCUT2D eigenvalue weighted by atomic mass is 10.0. The molecule has 2 heterocycles. The van der Waals surface area contributed by atoms with Crippen molar-refractivity contribution in [3.05, 3.63) is 71.5 Å². The Balaban J connectivity index is 1.68. The molecular weight excluding hydrogens is 358 g/mol. The number of para-hydroxylation sites is 1. The Bertz CT molecular complexity index is 956. The van der Waals surface area contributed by atoms with E-state index in [0.717, 1.165) is 29.1 Å². The molecule has 27 heavy (non-hydrogen) atoms. The van der Waals surface area contributed by atoms with Crippen LogP contribution in [0.2, 0.25) is 0 Å². The van der Waals surface area contributed by atoms with E-state index in [2.05, 4.69) is 20.9 Å². The number of amides is 1. The molecule has 0 radical (unpaired) electrons. The predicted molar refractivity (Wildman–Crippen MR) is 107 cm³/mol. The van der Waals surface area contributed by atoms with Crippen molar-refractivity contribution in [2.24, 2.45) is 0 Å². The second-order valence-electron chi connectivity index (χ2n) is 6.45. The highest BCUT2D eigenvalue weighted by molar-refractivity contribution is 8.00. The maximum atomic E-state index is 13.2. The highest BCUT2D eigenvalue weighted by Crippen LogP contribution is 2.37. The molecule has 0 saturated heterocycles. The van der Waals surface area contributed by atoms with Gasteiger partial charge in [0.2, 0.25) is 11.1 Å². The van der Waals surface area contributed by atoms with E-state index in [1.54, 1.807) is 0 Å². The van der Waals surface area contributed by atoms with E-state index in [4.69, 9.17) is 0 Å². The Morgan fingerprint density at radius 3 is 2.63 bits per heavy atom. The lowest BCUT2D eigenvalue weighted by Gasteiger charge is -2.33. The summed E-state index contributed by atoms with van der Waals surface area (Å²) < 4.78 is 1.90. The standard InChI is InChI=1S/C20H21N5OS/c1-3-16-22-23-20-25(16)24-17(14-10-5-4-6-11-14)18(27-20)19(26)21-15-12-8-7-9-13(15)2/h4-12,17-18,24H,3H2,1-2H3,(H,21,26)/t17-,18-/m0/s1. The van der Waals surface area contributed by atoms with Gasteiger partial charge in [-0.25, -0.2) is 4.68 Å². The van der Waals surface area contributed by atoms with Crippen molar-refractivity contribution in [2.75, 3.05) is 10.7 Å². The fraction of sp³-hybridized carbons (Fsp3) is 0.250. The number of hydrogen-bond acceptors (Lipinski definition) is 5. The van der Waals surface area contributed by atoms with Crippen LogP contribution in [-0.2, 0) is 11.2 Å². The van der Waals surface area contributed by atoms with E-state index in [0.29, 0.717) is 5.16 Å². The molecule has 1 aliphatic heterocycles. The predicted octanol–water partition coefficient (Wildman–Crippen LogP) is 3.55. The molecule has 138 valence electrons. The molecule has 3 aromatic rings. The van der Waals surface area contributed by atoms with Gasteiger partial charge in [0.05, 0.1) is 6.04 Å². The van der Waals surface area contributed by atoms with Gasteiger partial charge < -0.3 is 10.7 Å². The van der Waals surface area contributed by atoms with Crippen molar-refractivity contribution in [1.82, 2.24) is 14.9 Å². The Kier molecular flexibility index (Phi) is 4.85. The van der Waals surface area contributed by atoms with Gasteiger partial charge in [-0.1, -0.05) is 67.2 Å². The molecule has 0 saturated carbocycles. The molecule has 2 N–H and O–H groups in total. The minimum Gasteiger partial charge on any atom is -0.325 e. The Hall–Kier alpha value is -2.80. The number of aromatic nitrogens is 3. The second-order valence-corrected chi connectivity index (χ2v) is 7.56. The number of anilines is 1. The zero-order chi connectivity index (χ0) is 18.8. The van der Waals surface area contributed by atoms with Crippen LogP contribution in [-0.4, -0.2) is 26.0 Å². The molecule has 0 aliphatic carbocycles. The van der Waals surface area contributed by atoms with E-state index in [9.17, 15) is 4.79 Å². The molecule has 0 unspecified atom stereocenters. The van der Waals surface area contributed by atoms with Crippen molar-refractivity contribution >= 4 is 23.4 Å². The summed E-state index contributed by atoms with van der Waals surface area (Å²) in [5.74, 6) is 0.805. The summed E-state index contributed by atoms with van der Waals surface area (Å²) in [7, 11) is 0. The third-order valence-electron chi connectivity index (χ3n) is 4.64. The van der Waals surface area contributed by atoms with Crippen molar-refractivity contribution < 1.29 is 4.79 Å². The number of nitrogens with zero attached hydrogens (tertiary/aromatic N) is 3. The Labute approximate surface area is 162 Å². The smallest absolute Gasteiger partial charge is 0.240 e. The van der Waals surface area contributed by atoms with Gasteiger partial charge in [-0.2, -0.15) is 0 Å². The fourth-order valence-electron chi connectivity index (χ4n) is 3.16. The number of carbonyl (C=O) groups excluding carboxylic acids is 1. The van der Waals surface area contributed by atoms with Crippen molar-refractivity contribution in [1.29, 1.82) is 0 Å². The van der Waals surface area contributed by atoms with Crippen LogP contribution in [0.4, 0.5) is 5.69 Å². The van der Waals surface area contributed by atoms with Crippen LogP contribution >= 0.6 is 11.8 Å². The topological polar surface area (TPSA) is 71.8 Å². The monoisotopic (exact) mass is 379 g/mol. The zero-order valence-electron chi connectivity index (χ0n) is 15.2. The number of hydrogen-bond donors (Lipinski definition) is 2. The SMILES string of the molecule is CCc1nnc2n1N[C@@H](c1ccccc1)[C@@H](C(=O)Nc1ccccc1C)S2. The number of fused-ring (bicyclic) bond motifs is 1. The van der Waals surface area contributed by atoms with E-state index < -0.39 is 0 Å². The third kappa shape index (κ3) is 3.42. The first-order chi connectivity index (χ1) is 13.2. The molecule has 0 fully saturated rings. The van der Waals surface area contributed by atoms with Crippen LogP contribution in [0.5, 0.6) is 0 Å². The molecule has 1 aromatic heterocycles. The van der Waals surface area contributed by atoms with Crippen molar-refractivity contribution in [3.8, 4) is 0 Å². The fourth-order valence-corrected chi connectivity index (χ4v) is 4.25. The van der Waals surface area contributed by atoms with Gasteiger partial charge in [-0.05, 0) is 24.1 Å². The summed E-state index contributed by atoms with van der Waals surface area (Å²) in [6.07, 6.45) is 0.766. The molecular formula is C20H21N5OS. The molecule has 2 atom stereocenters. The molecule has 0 spiro atoms. The number of nitrogens with one attached hydrogen (secondary N) is 2. The quantitative estimate of drug-likeness (QED) is 0.725. The maximum Gasteiger partial charge on any atom is 0.240 e. The van der Waals surface area contributed by atoms with E-state index >= 15 is 0 Å². The van der Waals surface area contributed by atoms with Gasteiger partial charge >= 0.3 is 0 Å². The van der Waals surface area contributed by atoms with E-state index in [1.165, 1.54) is 11.8 Å². The number of thioether (sulfide) groups is 1. The van der Waals surface area contributed by atoms with Crippen LogP contribution in [0.3, 0.4) is 0 Å². The van der Waals surface area contributed by atoms with Crippen LogP contribution in [0.1, 0.15) is 29.9 Å². The molecule has 7 heteroatoms. The van der Waals surface area contributed by atoms with Gasteiger partial charge in [0.1, 0.15) is 5.25 Å². The van der Waals surface area contributed by atoms with Crippen LogP contribution < -0.4 is 10.7 Å². The minimum atomic E-state index is -0.367. The number of carbonyl (C=O) groups is 1. The average Bonchev–Trinajstić information content (AvgIpc) is 3.11. The number of rotatable bonds is 4. The largest absolute Gasteiger partial charge is 0.325 e. The summed E-state index contributed by atoms with van der Waals surface area (Å²) in [5, 5.41) is 11.9. The Morgan fingerprint density at radius 2 is 1.89 bits per heavy atom. The van der Waals surface area contributed by atoms with Crippen molar-refractivity contribution in [3.63, 3.8) is 0 Å². The second kappa shape index (κ2) is 7.44. The Morgan fingerprint density at radius 1 is 1.15 bits per heavy atom. The lowest BCUT2D eigenvalue weighted by molar-refractivity contribution is -0.116. The molecule has 1 amide bonds. The highest BCUT2D eigenvalue weighted by atomic mass is 32.2. The summed E-state index contributed by atoms with van der Waals surface area (Å²) in [4.78, 5) is 13.2. The number of aryl methyl sites for hydroxylation is 2. The summed E-state index contributed by atoms with van der Waals surface area (Å²) in [6, 6.07) is 17.6. The molecule has 1 aliphatic rings. The van der Waals surface area contributed by atoms with Gasteiger partial charge in [0.15, 0.2) is 5.82 Å². The van der Waals surface area contributed by atoms with Gasteiger partial charge in [0, 0.05) is 12.1 Å². The number of benzene rings is 2. The molecule has 0 bridgehead atoms. The third-order valence-corrected chi connectivity index (χ3v) is 5.86. The normalized spacial score (nSPS) is 18.4. The van der Waals surface area contributed by atoms with Gasteiger partial charge in [-0.3, -0.25) is 4.79 Å². The lowest BCUT2D eigenvalue weighted by Crippen LogP contribution is -2.41. The van der Waals surface area contributed by atoms with Crippen molar-refractivity contribution in [2.45, 2.75) is 36.7 Å². The van der Waals surface area contributed by atoms with E-state index in [-0.39, 0.29) is 17.2 Å². The first-order valence-electron chi connectivity index (χ1n) is 8.96. The average molecular weight is 379 g/mol. The van der Waals surface area contributed by atoms with Crippen LogP contribution in [0.25, 0.3) is 0 Å². The minimum absolute atomic E-state index is 0.0528. The van der Waals surface area contributed by atoms with Gasteiger partial charge in [0.25, 0.3) is 0 Å². The van der Waals surface area contributed by atoms with Crippen LogP contribution in [0.15, 0.2) is 59.8 Å². The van der Waals surface area contributed by atoms with Gasteiger partial charge in [-0.15, -0.1) is 10.2 Å². The van der Waals surface area contributed by atoms with E-state index in [1.807, 2.05) is 73.1 Å². The highest BCUT2D eigenvalue weighted by Gasteiger charge is 2.37.